The van der Waals surface area contributed by atoms with Crippen LogP contribution >= 0.6 is 0 Å². The molecule has 0 unspecified atom stereocenters. The molecule has 0 N–H and O–H groups in total. The normalized spacial score (nSPS) is 10.0. The molecule has 0 fully saturated rings. The summed E-state index contributed by atoms with van der Waals surface area (Å²) in [6, 6.07) is 11.2. The molecular formula is C15H13NO5. The number of benzene rings is 2. The lowest BCUT2D eigenvalue weighted by molar-refractivity contribution is -0.384. The quantitative estimate of drug-likeness (QED) is 0.490. The number of ether oxygens (including phenoxy) is 2. The van der Waals surface area contributed by atoms with Crippen molar-refractivity contribution in [1.29, 1.82) is 0 Å². The lowest BCUT2D eigenvalue weighted by Gasteiger charge is -2.07. The van der Waals surface area contributed by atoms with Gasteiger partial charge in [-0.2, -0.15) is 0 Å². The molecule has 0 amide bonds. The molecule has 0 radical (unpaired) electrons. The standard InChI is InChI=1S/C15H13NO5/c1-20-14-5-3-4-10(9-14)11-6-12(15(17)21-2)8-13(7-11)16(18)19/h3-9H,1-2H3. The van der Waals surface area contributed by atoms with Crippen LogP contribution in [0.15, 0.2) is 42.5 Å². The third-order valence-corrected chi connectivity index (χ3v) is 2.95. The number of esters is 1. The summed E-state index contributed by atoms with van der Waals surface area (Å²) in [6.07, 6.45) is 0. The summed E-state index contributed by atoms with van der Waals surface area (Å²) >= 11 is 0. The largest absolute Gasteiger partial charge is 0.497 e. The van der Waals surface area contributed by atoms with Crippen LogP contribution in [0.5, 0.6) is 5.75 Å². The minimum absolute atomic E-state index is 0.129. The average molecular weight is 287 g/mol. The van der Waals surface area contributed by atoms with E-state index in [4.69, 9.17) is 4.74 Å². The summed E-state index contributed by atoms with van der Waals surface area (Å²) < 4.78 is 9.75. The summed E-state index contributed by atoms with van der Waals surface area (Å²) in [5.41, 5.74) is 1.21. The van der Waals surface area contributed by atoms with Crippen molar-refractivity contribution in [2.75, 3.05) is 14.2 Å². The van der Waals surface area contributed by atoms with Crippen molar-refractivity contribution >= 4 is 11.7 Å². The van der Waals surface area contributed by atoms with E-state index >= 15 is 0 Å². The molecule has 0 aliphatic carbocycles. The van der Waals surface area contributed by atoms with Crippen LogP contribution < -0.4 is 4.74 Å². The molecule has 0 atom stereocenters. The van der Waals surface area contributed by atoms with E-state index in [0.29, 0.717) is 16.9 Å². The van der Waals surface area contributed by atoms with Crippen LogP contribution in [0.2, 0.25) is 0 Å². The fourth-order valence-corrected chi connectivity index (χ4v) is 1.92. The van der Waals surface area contributed by atoms with Gasteiger partial charge in [-0.3, -0.25) is 10.1 Å². The molecule has 0 aliphatic rings. The van der Waals surface area contributed by atoms with Gasteiger partial charge in [0.2, 0.25) is 0 Å². The molecule has 0 spiro atoms. The number of methoxy groups -OCH3 is 2. The van der Waals surface area contributed by atoms with Crippen molar-refractivity contribution < 1.29 is 19.2 Å². The Balaban J connectivity index is 2.58. The highest BCUT2D eigenvalue weighted by molar-refractivity contribution is 5.92. The van der Waals surface area contributed by atoms with Crippen LogP contribution in [-0.4, -0.2) is 25.1 Å². The van der Waals surface area contributed by atoms with Gasteiger partial charge in [0.15, 0.2) is 0 Å². The third-order valence-electron chi connectivity index (χ3n) is 2.95. The number of nitro benzene ring substituents is 1. The second kappa shape index (κ2) is 6.04. The Morgan fingerprint density at radius 3 is 2.48 bits per heavy atom. The van der Waals surface area contributed by atoms with Gasteiger partial charge < -0.3 is 9.47 Å². The van der Waals surface area contributed by atoms with Crippen LogP contribution in [0.4, 0.5) is 5.69 Å². The van der Waals surface area contributed by atoms with Gasteiger partial charge in [0, 0.05) is 12.1 Å². The molecule has 6 nitrogen and oxygen atoms in total. The van der Waals surface area contributed by atoms with Crippen LogP contribution in [0.1, 0.15) is 10.4 Å². The Morgan fingerprint density at radius 2 is 1.86 bits per heavy atom. The molecule has 0 heterocycles. The average Bonchev–Trinajstić information content (AvgIpc) is 2.53. The predicted octanol–water partition coefficient (Wildman–Crippen LogP) is 3.06. The van der Waals surface area contributed by atoms with E-state index in [1.54, 1.807) is 30.3 Å². The summed E-state index contributed by atoms with van der Waals surface area (Å²) in [5, 5.41) is 11.0. The molecule has 21 heavy (non-hydrogen) atoms. The Labute approximate surface area is 121 Å². The molecule has 0 aromatic heterocycles. The summed E-state index contributed by atoms with van der Waals surface area (Å²) in [4.78, 5) is 22.1. The van der Waals surface area contributed by atoms with Gasteiger partial charge >= 0.3 is 5.97 Å². The highest BCUT2D eigenvalue weighted by Gasteiger charge is 2.15. The molecule has 0 bridgehead atoms. The number of hydrogen-bond donors (Lipinski definition) is 0. The van der Waals surface area contributed by atoms with Crippen LogP contribution in [-0.2, 0) is 4.74 Å². The second-order valence-corrected chi connectivity index (χ2v) is 4.25. The van der Waals surface area contributed by atoms with Crippen molar-refractivity contribution in [1.82, 2.24) is 0 Å². The first-order chi connectivity index (χ1) is 10.0. The molecule has 0 aliphatic heterocycles. The maximum atomic E-state index is 11.6. The zero-order valence-electron chi connectivity index (χ0n) is 11.5. The number of non-ortho nitro benzene ring substituents is 1. The SMILES string of the molecule is COC(=O)c1cc(-c2cccc(OC)c2)cc([N+](=O)[O-])c1. The second-order valence-electron chi connectivity index (χ2n) is 4.25. The van der Waals surface area contributed by atoms with E-state index in [1.807, 2.05) is 0 Å². The van der Waals surface area contributed by atoms with Gasteiger partial charge in [0.25, 0.3) is 5.69 Å². The maximum Gasteiger partial charge on any atom is 0.338 e. The highest BCUT2D eigenvalue weighted by Crippen LogP contribution is 2.28. The molecule has 6 heteroatoms. The van der Waals surface area contributed by atoms with Crippen LogP contribution in [0, 0.1) is 10.1 Å². The van der Waals surface area contributed by atoms with E-state index in [2.05, 4.69) is 4.74 Å². The van der Waals surface area contributed by atoms with Crippen LogP contribution in [0.3, 0.4) is 0 Å². The highest BCUT2D eigenvalue weighted by atomic mass is 16.6. The van der Waals surface area contributed by atoms with Crippen molar-refractivity contribution in [2.45, 2.75) is 0 Å². The monoisotopic (exact) mass is 287 g/mol. The Kier molecular flexibility index (Phi) is 4.18. The van der Waals surface area contributed by atoms with Gasteiger partial charge in [-0.1, -0.05) is 12.1 Å². The number of hydrogen-bond acceptors (Lipinski definition) is 5. The zero-order chi connectivity index (χ0) is 15.4. The number of rotatable bonds is 4. The maximum absolute atomic E-state index is 11.6. The molecule has 2 aromatic rings. The first-order valence-electron chi connectivity index (χ1n) is 6.07. The van der Waals surface area contributed by atoms with E-state index in [1.165, 1.54) is 26.4 Å². The van der Waals surface area contributed by atoms with E-state index < -0.39 is 10.9 Å². The molecule has 2 aromatic carbocycles. The fourth-order valence-electron chi connectivity index (χ4n) is 1.92. The Morgan fingerprint density at radius 1 is 1.10 bits per heavy atom. The summed E-state index contributed by atoms with van der Waals surface area (Å²) in [7, 11) is 2.76. The van der Waals surface area contributed by atoms with Gasteiger partial charge in [0.05, 0.1) is 24.7 Å². The Bertz CT molecular complexity index is 696. The smallest absolute Gasteiger partial charge is 0.338 e. The molecule has 108 valence electrons. The molecule has 2 rings (SSSR count). The molecular weight excluding hydrogens is 274 g/mol. The minimum Gasteiger partial charge on any atom is -0.497 e. The number of carbonyl (C=O) groups is 1. The van der Waals surface area contributed by atoms with Crippen LogP contribution in [0.25, 0.3) is 11.1 Å². The lowest BCUT2D eigenvalue weighted by atomic mass is 10.0. The van der Waals surface area contributed by atoms with E-state index in [0.717, 1.165) is 0 Å². The first-order valence-corrected chi connectivity index (χ1v) is 6.07. The minimum atomic E-state index is -0.622. The Hall–Kier alpha value is -2.89. The van der Waals surface area contributed by atoms with Crippen molar-refractivity contribution in [3.8, 4) is 16.9 Å². The van der Waals surface area contributed by atoms with Crippen molar-refractivity contribution in [2.24, 2.45) is 0 Å². The molecule has 0 saturated heterocycles. The number of nitro groups is 1. The van der Waals surface area contributed by atoms with Crippen molar-refractivity contribution in [3.05, 3.63) is 58.1 Å². The zero-order valence-corrected chi connectivity index (χ0v) is 11.5. The fraction of sp³-hybridized carbons (Fsp3) is 0.133. The van der Waals surface area contributed by atoms with Gasteiger partial charge in [0.1, 0.15) is 5.75 Å². The summed E-state index contributed by atoms with van der Waals surface area (Å²) in [5.74, 6) is 0.00136. The summed E-state index contributed by atoms with van der Waals surface area (Å²) in [6.45, 7) is 0. The van der Waals surface area contributed by atoms with Gasteiger partial charge in [-0.25, -0.2) is 4.79 Å². The predicted molar refractivity (Wildman–Crippen MR) is 76.4 cm³/mol. The van der Waals surface area contributed by atoms with E-state index in [9.17, 15) is 14.9 Å². The third kappa shape index (κ3) is 3.17. The number of nitrogens with zero attached hydrogens (tertiary/aromatic N) is 1. The topological polar surface area (TPSA) is 78.7 Å². The first kappa shape index (κ1) is 14.5. The lowest BCUT2D eigenvalue weighted by Crippen LogP contribution is -2.02. The van der Waals surface area contributed by atoms with Crippen molar-refractivity contribution in [3.63, 3.8) is 0 Å². The van der Waals surface area contributed by atoms with E-state index in [-0.39, 0.29) is 11.3 Å². The molecule has 0 saturated carbocycles. The number of carbonyl (C=O) groups excluding carboxylic acids is 1. The van der Waals surface area contributed by atoms with Gasteiger partial charge in [-0.05, 0) is 29.3 Å². The van der Waals surface area contributed by atoms with Gasteiger partial charge in [-0.15, -0.1) is 0 Å².